The molecule has 7 nitrogen and oxygen atoms in total. The number of piperazine rings is 1. The zero-order valence-corrected chi connectivity index (χ0v) is 21.0. The molecule has 3 atom stereocenters. The lowest BCUT2D eigenvalue weighted by Gasteiger charge is -2.41. The van der Waals surface area contributed by atoms with Crippen molar-refractivity contribution in [1.82, 2.24) is 25.1 Å². The Hall–Kier alpha value is -3.06. The van der Waals surface area contributed by atoms with Crippen LogP contribution in [-0.2, 0) is 6.42 Å². The van der Waals surface area contributed by atoms with Crippen LogP contribution in [0.5, 0.6) is 0 Å². The van der Waals surface area contributed by atoms with Crippen LogP contribution in [0.4, 0.5) is 5.82 Å². The number of hydrogen-bond acceptors (Lipinski definition) is 7. The average molecular weight is 473 g/mol. The van der Waals surface area contributed by atoms with E-state index in [1.54, 1.807) is 12.4 Å². The topological polar surface area (TPSA) is 71.2 Å². The van der Waals surface area contributed by atoms with Gasteiger partial charge in [-0.15, -0.1) is 10.2 Å². The summed E-state index contributed by atoms with van der Waals surface area (Å²) in [6, 6.07) is 9.97. The van der Waals surface area contributed by atoms with Crippen LogP contribution < -0.4 is 4.90 Å². The van der Waals surface area contributed by atoms with E-state index in [-0.39, 0.29) is 0 Å². The van der Waals surface area contributed by atoms with Gasteiger partial charge in [0, 0.05) is 63.3 Å². The van der Waals surface area contributed by atoms with E-state index in [9.17, 15) is 0 Å². The Balaban J connectivity index is 1.22. The van der Waals surface area contributed by atoms with Crippen molar-refractivity contribution in [2.24, 2.45) is 23.7 Å². The summed E-state index contributed by atoms with van der Waals surface area (Å²) in [7, 11) is 0. The molecular weight excluding hydrogens is 436 g/mol. The smallest absolute Gasteiger partial charge is 0.247 e. The molecule has 7 heteroatoms. The highest BCUT2D eigenvalue weighted by molar-refractivity contribution is 5.50. The van der Waals surface area contributed by atoms with Crippen molar-refractivity contribution in [3.8, 4) is 11.5 Å². The molecule has 1 saturated heterocycles. The first kappa shape index (κ1) is 23.7. The maximum absolute atomic E-state index is 6.02. The number of pyridine rings is 2. The van der Waals surface area contributed by atoms with Crippen LogP contribution >= 0.6 is 0 Å². The standard InChI is InChI=1S/C28H36N6O/c1-20(2)25-17-23(18-27-31-32-28(35-27)22-7-10-29-11-8-22)21(3)16-24(25)19-33-12-14-34(15-13-33)26-6-4-5-9-30-26/h4-11,16,20,23-25H,12-15,17-19H2,1-3H3. The lowest BCUT2D eigenvalue weighted by Crippen LogP contribution is -2.49. The second kappa shape index (κ2) is 10.7. The van der Waals surface area contributed by atoms with Crippen LogP contribution in [-0.4, -0.2) is 57.8 Å². The van der Waals surface area contributed by atoms with Gasteiger partial charge in [-0.05, 0) is 61.3 Å². The number of allylic oxidation sites excluding steroid dienone is 1. The van der Waals surface area contributed by atoms with E-state index in [0.29, 0.717) is 29.6 Å². The van der Waals surface area contributed by atoms with Gasteiger partial charge in [0.15, 0.2) is 0 Å². The van der Waals surface area contributed by atoms with Crippen LogP contribution in [0.1, 0.15) is 33.1 Å². The second-order valence-electron chi connectivity index (χ2n) is 10.3. The number of anilines is 1. The molecule has 2 aliphatic rings. The molecule has 1 fully saturated rings. The first-order valence-corrected chi connectivity index (χ1v) is 12.9. The number of aromatic nitrogens is 4. The van der Waals surface area contributed by atoms with Crippen LogP contribution in [0.2, 0.25) is 0 Å². The Kier molecular flexibility index (Phi) is 7.23. The van der Waals surface area contributed by atoms with Gasteiger partial charge in [-0.3, -0.25) is 9.88 Å². The highest BCUT2D eigenvalue weighted by Gasteiger charge is 2.34. The molecule has 0 bridgehead atoms. The van der Waals surface area contributed by atoms with Crippen molar-refractivity contribution < 1.29 is 4.42 Å². The van der Waals surface area contributed by atoms with Crippen molar-refractivity contribution >= 4 is 5.82 Å². The largest absolute Gasteiger partial charge is 0.421 e. The summed E-state index contributed by atoms with van der Waals surface area (Å²) in [5.74, 6) is 4.71. The predicted octanol–water partition coefficient (Wildman–Crippen LogP) is 4.75. The molecule has 1 aliphatic heterocycles. The monoisotopic (exact) mass is 472 g/mol. The van der Waals surface area contributed by atoms with E-state index >= 15 is 0 Å². The van der Waals surface area contributed by atoms with Gasteiger partial charge in [-0.25, -0.2) is 4.98 Å². The fraction of sp³-hybridized carbons (Fsp3) is 0.500. The minimum absolute atomic E-state index is 0.449. The Labute approximate surface area is 208 Å². The maximum Gasteiger partial charge on any atom is 0.247 e. The molecule has 0 radical (unpaired) electrons. The van der Waals surface area contributed by atoms with Gasteiger partial charge in [-0.2, -0.15) is 0 Å². The number of hydrogen-bond donors (Lipinski definition) is 0. The van der Waals surface area contributed by atoms with Gasteiger partial charge in [0.25, 0.3) is 0 Å². The minimum atomic E-state index is 0.449. The van der Waals surface area contributed by atoms with Gasteiger partial charge < -0.3 is 9.32 Å². The summed E-state index contributed by atoms with van der Waals surface area (Å²) in [5.41, 5.74) is 2.38. The molecule has 0 saturated carbocycles. The first-order chi connectivity index (χ1) is 17.1. The van der Waals surface area contributed by atoms with Crippen LogP contribution in [0.15, 0.2) is 65.0 Å². The molecular formula is C28H36N6O. The Bertz CT molecular complexity index is 1100. The molecule has 0 aromatic carbocycles. The minimum Gasteiger partial charge on any atom is -0.421 e. The molecule has 3 unspecified atom stereocenters. The fourth-order valence-corrected chi connectivity index (χ4v) is 5.64. The summed E-state index contributed by atoms with van der Waals surface area (Å²) in [4.78, 5) is 13.6. The van der Waals surface area contributed by atoms with Gasteiger partial charge in [0.2, 0.25) is 11.8 Å². The Morgan fingerprint density at radius 3 is 2.51 bits per heavy atom. The molecule has 3 aromatic rings. The summed E-state index contributed by atoms with van der Waals surface area (Å²) < 4.78 is 6.02. The summed E-state index contributed by atoms with van der Waals surface area (Å²) in [6.07, 6.45) is 9.90. The van der Waals surface area contributed by atoms with E-state index < -0.39 is 0 Å². The SMILES string of the molecule is CC1=CC(CN2CCN(c3ccccn3)CC2)C(C(C)C)CC1Cc1nnc(-c2ccncc2)o1. The van der Waals surface area contributed by atoms with Crippen molar-refractivity contribution in [2.75, 3.05) is 37.6 Å². The molecule has 184 valence electrons. The van der Waals surface area contributed by atoms with Gasteiger partial charge in [0.1, 0.15) is 5.82 Å². The quantitative estimate of drug-likeness (QED) is 0.460. The number of nitrogens with zero attached hydrogens (tertiary/aromatic N) is 6. The lowest BCUT2D eigenvalue weighted by molar-refractivity contribution is 0.155. The second-order valence-corrected chi connectivity index (χ2v) is 10.3. The molecule has 0 amide bonds. The van der Waals surface area contributed by atoms with Gasteiger partial charge >= 0.3 is 0 Å². The summed E-state index contributed by atoms with van der Waals surface area (Å²) in [6.45, 7) is 12.4. The molecule has 3 aromatic heterocycles. The molecule has 4 heterocycles. The molecule has 5 rings (SSSR count). The van der Waals surface area contributed by atoms with Crippen LogP contribution in [0, 0.1) is 23.7 Å². The zero-order valence-electron chi connectivity index (χ0n) is 21.0. The third kappa shape index (κ3) is 5.61. The lowest BCUT2D eigenvalue weighted by atomic mass is 9.69. The molecule has 0 spiro atoms. The van der Waals surface area contributed by atoms with Crippen molar-refractivity contribution in [3.05, 3.63) is 66.5 Å². The van der Waals surface area contributed by atoms with Gasteiger partial charge in [-0.1, -0.05) is 31.6 Å². The third-order valence-electron chi connectivity index (χ3n) is 7.71. The van der Waals surface area contributed by atoms with E-state index in [1.807, 2.05) is 24.4 Å². The predicted molar refractivity (Wildman–Crippen MR) is 138 cm³/mol. The summed E-state index contributed by atoms with van der Waals surface area (Å²) >= 11 is 0. The Morgan fingerprint density at radius 2 is 1.80 bits per heavy atom. The van der Waals surface area contributed by atoms with Crippen molar-refractivity contribution in [2.45, 2.75) is 33.6 Å². The van der Waals surface area contributed by atoms with Crippen molar-refractivity contribution in [1.29, 1.82) is 0 Å². The van der Waals surface area contributed by atoms with E-state index in [0.717, 1.165) is 56.4 Å². The third-order valence-corrected chi connectivity index (χ3v) is 7.71. The van der Waals surface area contributed by atoms with Gasteiger partial charge in [0.05, 0.1) is 0 Å². The summed E-state index contributed by atoms with van der Waals surface area (Å²) in [5, 5.41) is 8.63. The van der Waals surface area contributed by atoms with Crippen LogP contribution in [0.3, 0.4) is 0 Å². The molecule has 0 N–H and O–H groups in total. The van der Waals surface area contributed by atoms with Crippen LogP contribution in [0.25, 0.3) is 11.5 Å². The highest BCUT2D eigenvalue weighted by Crippen LogP contribution is 2.39. The van der Waals surface area contributed by atoms with Crippen molar-refractivity contribution in [3.63, 3.8) is 0 Å². The van der Waals surface area contributed by atoms with E-state index in [4.69, 9.17) is 4.42 Å². The first-order valence-electron chi connectivity index (χ1n) is 12.9. The zero-order chi connectivity index (χ0) is 24.2. The van der Waals surface area contributed by atoms with E-state index in [2.05, 4.69) is 68.9 Å². The highest BCUT2D eigenvalue weighted by atomic mass is 16.4. The van der Waals surface area contributed by atoms with E-state index in [1.165, 1.54) is 12.0 Å². The Morgan fingerprint density at radius 1 is 1.00 bits per heavy atom. The fourth-order valence-electron chi connectivity index (χ4n) is 5.64. The maximum atomic E-state index is 6.02. The number of rotatable bonds is 7. The average Bonchev–Trinajstić information content (AvgIpc) is 3.35. The normalized spacial score (nSPS) is 23.5. The molecule has 35 heavy (non-hydrogen) atoms. The molecule has 1 aliphatic carbocycles.